The van der Waals surface area contributed by atoms with E-state index in [-0.39, 0.29) is 5.69 Å². The maximum Gasteiger partial charge on any atom is 0.214 e. The normalized spacial score (nSPS) is 28.1. The molecule has 0 bridgehead atoms. The largest absolute Gasteiger partial charge is 0.388 e. The number of aliphatic hydroxyl groups excluding tert-OH is 4. The van der Waals surface area contributed by atoms with Crippen LogP contribution in [0.3, 0.4) is 0 Å². The molecular formula is C21H24N2O7. The Morgan fingerprint density at radius 3 is 2.73 bits per heavy atom. The van der Waals surface area contributed by atoms with Crippen LogP contribution >= 0.6 is 0 Å². The molecule has 3 heterocycles. The number of fused-ring (bicyclic) bond motifs is 3. The van der Waals surface area contributed by atoms with E-state index in [2.05, 4.69) is 9.97 Å². The number of ketones is 1. The minimum Gasteiger partial charge on any atom is -0.388 e. The second-order valence-corrected chi connectivity index (χ2v) is 7.61. The Bertz CT molecular complexity index is 1080. The van der Waals surface area contributed by atoms with Crippen LogP contribution in [0.15, 0.2) is 30.5 Å². The van der Waals surface area contributed by atoms with Crippen LogP contribution in [0.25, 0.3) is 21.8 Å². The van der Waals surface area contributed by atoms with Crippen LogP contribution in [0.2, 0.25) is 0 Å². The predicted octanol–water partition coefficient (Wildman–Crippen LogP) is 0.412. The summed E-state index contributed by atoms with van der Waals surface area (Å²) in [5, 5.41) is 41.8. The van der Waals surface area contributed by atoms with Gasteiger partial charge in [0, 0.05) is 22.5 Å². The molecule has 9 nitrogen and oxygen atoms in total. The highest BCUT2D eigenvalue weighted by Crippen LogP contribution is 2.30. The Hall–Kier alpha value is -2.40. The maximum atomic E-state index is 12.9. The summed E-state index contributed by atoms with van der Waals surface area (Å²) in [5.74, 6) is -0.648. The van der Waals surface area contributed by atoms with Crippen molar-refractivity contribution in [3.63, 3.8) is 0 Å². The van der Waals surface area contributed by atoms with Crippen LogP contribution < -0.4 is 0 Å². The van der Waals surface area contributed by atoms with Crippen molar-refractivity contribution < 1.29 is 34.7 Å². The molecule has 2 aromatic heterocycles. The number of carbonyl (C=O) groups is 1. The van der Waals surface area contributed by atoms with E-state index in [0.717, 1.165) is 21.9 Å². The quantitative estimate of drug-likeness (QED) is 0.376. The van der Waals surface area contributed by atoms with Gasteiger partial charge < -0.3 is 34.9 Å². The Morgan fingerprint density at radius 1 is 1.23 bits per heavy atom. The highest BCUT2D eigenvalue weighted by atomic mass is 16.7. The summed E-state index contributed by atoms with van der Waals surface area (Å²) in [6, 6.07) is 7.62. The number of carbonyl (C=O) groups excluding carboxylic acids is 1. The summed E-state index contributed by atoms with van der Waals surface area (Å²) in [5.41, 5.74) is 2.35. The van der Waals surface area contributed by atoms with Gasteiger partial charge in [-0.3, -0.25) is 9.78 Å². The zero-order valence-corrected chi connectivity index (χ0v) is 16.5. The summed E-state index contributed by atoms with van der Waals surface area (Å²) >= 11 is 0. The fourth-order valence-electron chi connectivity index (χ4n) is 3.78. The topological polar surface area (TPSA) is 145 Å². The predicted molar refractivity (Wildman–Crippen MR) is 107 cm³/mol. The van der Waals surface area contributed by atoms with Gasteiger partial charge in [-0.1, -0.05) is 18.2 Å². The Morgan fingerprint density at radius 2 is 1.97 bits per heavy atom. The van der Waals surface area contributed by atoms with Gasteiger partial charge in [-0.2, -0.15) is 0 Å². The molecule has 0 unspecified atom stereocenters. The van der Waals surface area contributed by atoms with Crippen LogP contribution in [0.1, 0.15) is 23.0 Å². The monoisotopic (exact) mass is 416 g/mol. The number of nitrogens with zero attached hydrogens (tertiary/aromatic N) is 1. The summed E-state index contributed by atoms with van der Waals surface area (Å²) < 4.78 is 10.6. The van der Waals surface area contributed by atoms with Crippen molar-refractivity contribution >= 4 is 27.6 Å². The third-order valence-corrected chi connectivity index (χ3v) is 5.49. The van der Waals surface area contributed by atoms with Crippen molar-refractivity contribution in [1.82, 2.24) is 9.97 Å². The van der Waals surface area contributed by atoms with E-state index in [4.69, 9.17) is 9.47 Å². The summed E-state index contributed by atoms with van der Waals surface area (Å²) in [7, 11) is 0. The van der Waals surface area contributed by atoms with Crippen LogP contribution in [-0.2, 0) is 9.47 Å². The molecular weight excluding hydrogens is 392 g/mol. The molecule has 4 rings (SSSR count). The van der Waals surface area contributed by atoms with E-state index >= 15 is 0 Å². The smallest absolute Gasteiger partial charge is 0.214 e. The van der Waals surface area contributed by atoms with Gasteiger partial charge in [-0.25, -0.2) is 0 Å². The lowest BCUT2D eigenvalue weighted by molar-refractivity contribution is -0.295. The van der Waals surface area contributed by atoms with E-state index in [1.807, 2.05) is 31.2 Å². The summed E-state index contributed by atoms with van der Waals surface area (Å²) in [4.78, 5) is 20.3. The lowest BCUT2D eigenvalue weighted by atomic mass is 10.00. The molecule has 1 fully saturated rings. The Kier molecular flexibility index (Phi) is 5.58. The van der Waals surface area contributed by atoms with Gasteiger partial charge in [0.15, 0.2) is 6.29 Å². The van der Waals surface area contributed by atoms with Crippen molar-refractivity contribution in [2.45, 2.75) is 50.7 Å². The number of ether oxygens (including phenoxy) is 2. The van der Waals surface area contributed by atoms with E-state index < -0.39 is 49.2 Å². The molecule has 1 aliphatic rings. The number of rotatable bonds is 5. The molecule has 3 aromatic rings. The number of Topliss-reactive ketones (excluding diaryl/α,β-unsaturated/α-hetero) is 1. The first-order chi connectivity index (χ1) is 14.3. The van der Waals surface area contributed by atoms with Gasteiger partial charge in [-0.05, 0) is 25.5 Å². The van der Waals surface area contributed by atoms with Gasteiger partial charge in [0.2, 0.25) is 5.78 Å². The molecule has 0 spiro atoms. The van der Waals surface area contributed by atoms with Crippen LogP contribution in [0, 0.1) is 6.92 Å². The standard InChI is InChI=1S/C21H24N2O7/c1-9-7-22-16(15-14(9)11-5-3-4-6-12(11)23-15)18(26)13(24)8-29-21-20(28)19(27)17(25)10(2)30-21/h3-7,10,13,17,19-21,23-25,27-28H,8H2,1-2H3/t10-,13-,17-,19+,20+,21+/m0/s1. The number of hydrogen-bond donors (Lipinski definition) is 5. The van der Waals surface area contributed by atoms with E-state index in [1.54, 1.807) is 6.20 Å². The zero-order valence-electron chi connectivity index (χ0n) is 16.5. The Balaban J connectivity index is 1.55. The third-order valence-electron chi connectivity index (χ3n) is 5.49. The van der Waals surface area contributed by atoms with Gasteiger partial charge in [0.1, 0.15) is 30.1 Å². The van der Waals surface area contributed by atoms with Crippen molar-refractivity contribution in [3.8, 4) is 0 Å². The minimum atomic E-state index is -1.56. The van der Waals surface area contributed by atoms with Gasteiger partial charge in [-0.15, -0.1) is 0 Å². The second kappa shape index (κ2) is 8.03. The molecule has 6 atom stereocenters. The molecule has 9 heteroatoms. The first kappa shape index (κ1) is 20.9. The molecule has 30 heavy (non-hydrogen) atoms. The lowest BCUT2D eigenvalue weighted by Crippen LogP contribution is -2.57. The minimum absolute atomic E-state index is 0.0804. The van der Waals surface area contributed by atoms with Crippen LogP contribution in [-0.4, -0.2) is 79.6 Å². The molecule has 0 amide bonds. The molecule has 5 N–H and O–H groups in total. The number of aromatic amines is 1. The van der Waals surface area contributed by atoms with Crippen molar-refractivity contribution in [2.24, 2.45) is 0 Å². The molecule has 0 radical (unpaired) electrons. The number of benzene rings is 1. The first-order valence-electron chi connectivity index (χ1n) is 9.69. The number of H-pyrrole nitrogens is 1. The highest BCUT2D eigenvalue weighted by molar-refractivity contribution is 6.16. The molecule has 1 saturated heterocycles. The number of aryl methyl sites for hydroxylation is 1. The molecule has 1 aromatic carbocycles. The second-order valence-electron chi connectivity index (χ2n) is 7.61. The number of pyridine rings is 1. The highest BCUT2D eigenvalue weighted by Gasteiger charge is 2.42. The summed E-state index contributed by atoms with van der Waals surface area (Å²) in [6.07, 6.45) is -6.31. The zero-order chi connectivity index (χ0) is 21.6. The first-order valence-corrected chi connectivity index (χ1v) is 9.69. The fourth-order valence-corrected chi connectivity index (χ4v) is 3.78. The average Bonchev–Trinajstić information content (AvgIpc) is 3.13. The maximum absolute atomic E-state index is 12.9. The number of hydrogen-bond acceptors (Lipinski definition) is 8. The van der Waals surface area contributed by atoms with E-state index in [0.29, 0.717) is 5.52 Å². The molecule has 0 aliphatic carbocycles. The average molecular weight is 416 g/mol. The number of aromatic nitrogens is 2. The van der Waals surface area contributed by atoms with Crippen molar-refractivity contribution in [2.75, 3.05) is 6.61 Å². The third kappa shape index (κ3) is 3.49. The van der Waals surface area contributed by atoms with E-state index in [9.17, 15) is 25.2 Å². The van der Waals surface area contributed by atoms with Gasteiger partial charge >= 0.3 is 0 Å². The fraction of sp³-hybridized carbons (Fsp3) is 0.429. The number of nitrogens with one attached hydrogen (secondary N) is 1. The van der Waals surface area contributed by atoms with Gasteiger partial charge in [0.25, 0.3) is 0 Å². The molecule has 160 valence electrons. The summed E-state index contributed by atoms with van der Waals surface area (Å²) in [6.45, 7) is 2.93. The SMILES string of the molecule is Cc1cnc(C(=O)[C@@H](O)CO[C@@H]2O[C@@H](C)[C@H](O)[C@@H](O)[C@H]2O)c2[nH]c3ccccc3c12. The van der Waals surface area contributed by atoms with E-state index in [1.165, 1.54) is 6.92 Å². The Labute approximate surface area is 171 Å². The van der Waals surface area contributed by atoms with Crippen LogP contribution in [0.5, 0.6) is 0 Å². The number of aliphatic hydroxyl groups is 4. The number of para-hydroxylation sites is 1. The van der Waals surface area contributed by atoms with Gasteiger partial charge in [0.05, 0.1) is 18.2 Å². The van der Waals surface area contributed by atoms with Crippen LogP contribution in [0.4, 0.5) is 0 Å². The molecule has 0 saturated carbocycles. The lowest BCUT2D eigenvalue weighted by Gasteiger charge is -2.39. The molecule has 1 aliphatic heterocycles. The van der Waals surface area contributed by atoms with Crippen molar-refractivity contribution in [1.29, 1.82) is 0 Å². The van der Waals surface area contributed by atoms with Crippen molar-refractivity contribution in [3.05, 3.63) is 41.7 Å².